The second kappa shape index (κ2) is 4.51. The number of hydrogen-bond donors (Lipinski definition) is 2. The molecular weight excluding hydrogens is 246 g/mol. The first-order valence-corrected chi connectivity index (χ1v) is 5.95. The van der Waals surface area contributed by atoms with Crippen LogP contribution in [-0.4, -0.2) is 23.2 Å². The predicted octanol–water partition coefficient (Wildman–Crippen LogP) is 1.60. The van der Waals surface area contributed by atoms with E-state index in [0.29, 0.717) is 30.1 Å². The summed E-state index contributed by atoms with van der Waals surface area (Å²) in [5.41, 5.74) is 6.82. The standard InChI is InChI=1S/C10H12ClN3OS/c11-10-9(7(12)1-2-13-10)14-4-6(5-16)3-8(14)15/h1-2,6,16H,3-5H2,(H2,12,13). The molecule has 1 aliphatic heterocycles. The van der Waals surface area contributed by atoms with Crippen molar-refractivity contribution in [2.24, 2.45) is 5.92 Å². The van der Waals surface area contributed by atoms with E-state index in [1.807, 2.05) is 0 Å². The molecule has 0 spiro atoms. The number of carbonyl (C=O) groups is 1. The molecule has 0 radical (unpaired) electrons. The van der Waals surface area contributed by atoms with Gasteiger partial charge < -0.3 is 10.6 Å². The molecule has 1 saturated heterocycles. The van der Waals surface area contributed by atoms with E-state index in [1.54, 1.807) is 11.0 Å². The lowest BCUT2D eigenvalue weighted by Crippen LogP contribution is -2.26. The van der Waals surface area contributed by atoms with E-state index in [-0.39, 0.29) is 17.0 Å². The fourth-order valence-electron chi connectivity index (χ4n) is 1.83. The Morgan fingerprint density at radius 3 is 3.00 bits per heavy atom. The maximum Gasteiger partial charge on any atom is 0.227 e. The zero-order valence-corrected chi connectivity index (χ0v) is 10.2. The molecule has 1 aromatic heterocycles. The Hall–Kier alpha value is -0.940. The Bertz CT molecular complexity index is 406. The van der Waals surface area contributed by atoms with Gasteiger partial charge in [0.1, 0.15) is 5.69 Å². The molecule has 4 nitrogen and oxygen atoms in total. The van der Waals surface area contributed by atoms with E-state index in [0.717, 1.165) is 0 Å². The second-order valence-electron chi connectivity index (χ2n) is 3.80. The van der Waals surface area contributed by atoms with Crippen molar-refractivity contribution in [2.75, 3.05) is 22.9 Å². The van der Waals surface area contributed by atoms with Crippen molar-refractivity contribution < 1.29 is 4.79 Å². The number of thiol groups is 1. The van der Waals surface area contributed by atoms with Gasteiger partial charge in [-0.25, -0.2) is 4.98 Å². The Balaban J connectivity index is 2.35. The van der Waals surface area contributed by atoms with Gasteiger partial charge in [0.15, 0.2) is 5.15 Å². The highest BCUT2D eigenvalue weighted by Crippen LogP contribution is 2.34. The number of pyridine rings is 1. The number of halogens is 1. The highest BCUT2D eigenvalue weighted by Gasteiger charge is 2.32. The molecule has 2 heterocycles. The summed E-state index contributed by atoms with van der Waals surface area (Å²) in [5.74, 6) is 0.965. The van der Waals surface area contributed by atoms with Crippen molar-refractivity contribution in [3.05, 3.63) is 17.4 Å². The molecule has 86 valence electrons. The SMILES string of the molecule is Nc1ccnc(Cl)c1N1CC(CS)CC1=O. The molecule has 0 aromatic carbocycles. The first-order valence-electron chi connectivity index (χ1n) is 4.94. The van der Waals surface area contributed by atoms with Crippen molar-refractivity contribution >= 4 is 41.5 Å². The molecule has 2 N–H and O–H groups in total. The van der Waals surface area contributed by atoms with Gasteiger partial charge in [-0.05, 0) is 17.7 Å². The molecule has 2 rings (SSSR count). The largest absolute Gasteiger partial charge is 0.397 e. The zero-order chi connectivity index (χ0) is 11.7. The van der Waals surface area contributed by atoms with Crippen molar-refractivity contribution in [3.8, 4) is 0 Å². The van der Waals surface area contributed by atoms with Crippen LogP contribution in [0.25, 0.3) is 0 Å². The third kappa shape index (κ3) is 1.97. The maximum atomic E-state index is 11.8. The highest BCUT2D eigenvalue weighted by molar-refractivity contribution is 7.80. The minimum atomic E-state index is 0.0284. The number of amides is 1. The molecule has 1 atom stereocenters. The van der Waals surface area contributed by atoms with Gasteiger partial charge in [0.2, 0.25) is 5.91 Å². The van der Waals surface area contributed by atoms with Gasteiger partial charge in [-0.3, -0.25) is 4.79 Å². The molecule has 1 aromatic rings. The smallest absolute Gasteiger partial charge is 0.227 e. The normalized spacial score (nSPS) is 20.5. The third-order valence-corrected chi connectivity index (χ3v) is 3.44. The van der Waals surface area contributed by atoms with Crippen LogP contribution in [0.4, 0.5) is 11.4 Å². The lowest BCUT2D eigenvalue weighted by atomic mass is 10.1. The number of carbonyl (C=O) groups excluding carboxylic acids is 1. The first kappa shape index (κ1) is 11.5. The predicted molar refractivity (Wildman–Crippen MR) is 68.0 cm³/mol. The number of aromatic nitrogens is 1. The highest BCUT2D eigenvalue weighted by atomic mass is 35.5. The Labute approximate surface area is 104 Å². The molecule has 6 heteroatoms. The monoisotopic (exact) mass is 257 g/mol. The van der Waals surface area contributed by atoms with Crippen LogP contribution in [0.3, 0.4) is 0 Å². The molecule has 1 amide bonds. The molecule has 1 aliphatic rings. The molecule has 0 aliphatic carbocycles. The van der Waals surface area contributed by atoms with E-state index >= 15 is 0 Å². The van der Waals surface area contributed by atoms with E-state index in [9.17, 15) is 4.79 Å². The first-order chi connectivity index (χ1) is 7.63. The lowest BCUT2D eigenvalue weighted by molar-refractivity contribution is -0.117. The Morgan fingerprint density at radius 2 is 2.44 bits per heavy atom. The lowest BCUT2D eigenvalue weighted by Gasteiger charge is -2.19. The molecule has 1 unspecified atom stereocenters. The Morgan fingerprint density at radius 1 is 1.69 bits per heavy atom. The number of nitrogen functional groups attached to an aromatic ring is 1. The summed E-state index contributed by atoms with van der Waals surface area (Å²) in [7, 11) is 0. The van der Waals surface area contributed by atoms with Crippen LogP contribution < -0.4 is 10.6 Å². The summed E-state index contributed by atoms with van der Waals surface area (Å²) in [4.78, 5) is 17.3. The van der Waals surface area contributed by atoms with Crippen LogP contribution in [0, 0.1) is 5.92 Å². The number of hydrogen-bond acceptors (Lipinski definition) is 4. The molecule has 16 heavy (non-hydrogen) atoms. The average molecular weight is 258 g/mol. The summed E-state index contributed by atoms with van der Waals surface area (Å²) in [6.45, 7) is 0.609. The summed E-state index contributed by atoms with van der Waals surface area (Å²) in [5, 5.41) is 0.271. The summed E-state index contributed by atoms with van der Waals surface area (Å²) in [6.07, 6.45) is 2.02. The van der Waals surface area contributed by atoms with Crippen LogP contribution in [0.15, 0.2) is 12.3 Å². The third-order valence-electron chi connectivity index (χ3n) is 2.64. The van der Waals surface area contributed by atoms with Crippen molar-refractivity contribution in [3.63, 3.8) is 0 Å². The molecule has 1 fully saturated rings. The molecule has 0 saturated carbocycles. The minimum absolute atomic E-state index is 0.0284. The maximum absolute atomic E-state index is 11.8. The van der Waals surface area contributed by atoms with Gasteiger partial charge in [-0.15, -0.1) is 0 Å². The summed E-state index contributed by atoms with van der Waals surface area (Å²) in [6, 6.07) is 1.64. The summed E-state index contributed by atoms with van der Waals surface area (Å²) < 4.78 is 0. The van der Waals surface area contributed by atoms with Crippen LogP contribution in [0.1, 0.15) is 6.42 Å². The second-order valence-corrected chi connectivity index (χ2v) is 4.52. The van der Waals surface area contributed by atoms with Gasteiger partial charge >= 0.3 is 0 Å². The van der Waals surface area contributed by atoms with Gasteiger partial charge in [0, 0.05) is 19.2 Å². The van der Waals surface area contributed by atoms with Crippen LogP contribution in [0.2, 0.25) is 5.15 Å². The fraction of sp³-hybridized carbons (Fsp3) is 0.400. The van der Waals surface area contributed by atoms with Crippen LogP contribution >= 0.6 is 24.2 Å². The van der Waals surface area contributed by atoms with Crippen molar-refractivity contribution in [2.45, 2.75) is 6.42 Å². The number of nitrogens with zero attached hydrogens (tertiary/aromatic N) is 2. The van der Waals surface area contributed by atoms with Gasteiger partial charge in [-0.1, -0.05) is 11.6 Å². The molecular formula is C10H12ClN3OS. The summed E-state index contributed by atoms with van der Waals surface area (Å²) >= 11 is 10.2. The van der Waals surface area contributed by atoms with Crippen molar-refractivity contribution in [1.82, 2.24) is 4.98 Å². The average Bonchev–Trinajstić information content (AvgIpc) is 2.60. The van der Waals surface area contributed by atoms with Gasteiger partial charge in [0.05, 0.1) is 5.69 Å². The Kier molecular flexibility index (Phi) is 3.25. The zero-order valence-electron chi connectivity index (χ0n) is 8.56. The number of nitrogens with two attached hydrogens (primary N) is 1. The van der Waals surface area contributed by atoms with Crippen molar-refractivity contribution in [1.29, 1.82) is 0 Å². The van der Waals surface area contributed by atoms with E-state index in [4.69, 9.17) is 17.3 Å². The van der Waals surface area contributed by atoms with E-state index in [1.165, 1.54) is 6.20 Å². The topological polar surface area (TPSA) is 59.2 Å². The van der Waals surface area contributed by atoms with Crippen LogP contribution in [0.5, 0.6) is 0 Å². The molecule has 0 bridgehead atoms. The minimum Gasteiger partial charge on any atom is -0.397 e. The van der Waals surface area contributed by atoms with E-state index in [2.05, 4.69) is 17.6 Å². The van der Waals surface area contributed by atoms with E-state index < -0.39 is 0 Å². The van der Waals surface area contributed by atoms with Crippen LogP contribution in [-0.2, 0) is 4.79 Å². The number of rotatable bonds is 2. The quantitative estimate of drug-likeness (QED) is 0.625. The fourth-order valence-corrected chi connectivity index (χ4v) is 2.34. The van der Waals surface area contributed by atoms with Gasteiger partial charge in [-0.2, -0.15) is 12.6 Å². The number of anilines is 2. The van der Waals surface area contributed by atoms with Gasteiger partial charge in [0.25, 0.3) is 0 Å².